The quantitative estimate of drug-likeness (QED) is 0.341. The van der Waals surface area contributed by atoms with Gasteiger partial charge in [0.2, 0.25) is 5.91 Å². The Bertz CT molecular complexity index is 1610. The van der Waals surface area contributed by atoms with Crippen LogP contribution in [0.1, 0.15) is 23.1 Å². The SMILES string of the molecule is Cc1c(Cl)cccc1NS(=O)(=O)c1ccc(O)c(S(=O)(=O)Nc2ccc(CCC(=O)N(C)C)c(F)c2C)c1. The summed E-state index contributed by atoms with van der Waals surface area (Å²) in [5, 5.41) is 10.6. The maximum atomic E-state index is 15.0. The highest BCUT2D eigenvalue weighted by Crippen LogP contribution is 2.31. The molecule has 3 aromatic carbocycles. The molecule has 3 aromatic rings. The fourth-order valence-corrected chi connectivity index (χ4v) is 6.15. The van der Waals surface area contributed by atoms with E-state index in [-0.39, 0.29) is 41.3 Å². The second-order valence-corrected chi connectivity index (χ2v) is 12.5. The van der Waals surface area contributed by atoms with Gasteiger partial charge in [0.05, 0.1) is 16.3 Å². The number of amides is 1. The standard InChI is InChI=1S/C25H27ClFN3O6S2/c1-15-19(26)6-5-7-20(15)28-37(33,34)18-10-12-22(31)23(14-18)38(35,36)29-21-11-8-17(25(27)16(21)2)9-13-24(32)30(3)4/h5-8,10-12,14,28-29,31H,9,13H2,1-4H3. The lowest BCUT2D eigenvalue weighted by Crippen LogP contribution is -2.22. The summed E-state index contributed by atoms with van der Waals surface area (Å²) in [5.74, 6) is -1.57. The minimum Gasteiger partial charge on any atom is -0.507 e. The Morgan fingerprint density at radius 1 is 0.947 bits per heavy atom. The molecule has 0 aliphatic rings. The van der Waals surface area contributed by atoms with E-state index in [2.05, 4.69) is 9.44 Å². The second kappa shape index (κ2) is 11.2. The lowest BCUT2D eigenvalue weighted by molar-refractivity contribution is -0.128. The smallest absolute Gasteiger partial charge is 0.265 e. The van der Waals surface area contributed by atoms with Crippen LogP contribution < -0.4 is 9.44 Å². The van der Waals surface area contributed by atoms with Crippen molar-refractivity contribution in [2.45, 2.75) is 36.5 Å². The number of benzene rings is 3. The number of anilines is 2. The van der Waals surface area contributed by atoms with Crippen molar-refractivity contribution in [2.24, 2.45) is 0 Å². The molecule has 9 nitrogen and oxygen atoms in total. The number of hydrogen-bond donors (Lipinski definition) is 3. The van der Waals surface area contributed by atoms with Gasteiger partial charge in [-0.2, -0.15) is 0 Å². The van der Waals surface area contributed by atoms with Crippen LogP contribution in [0.2, 0.25) is 5.02 Å². The molecule has 13 heteroatoms. The molecule has 0 saturated carbocycles. The van der Waals surface area contributed by atoms with Gasteiger partial charge in [0.25, 0.3) is 20.0 Å². The van der Waals surface area contributed by atoms with Crippen molar-refractivity contribution in [1.82, 2.24) is 4.90 Å². The minimum absolute atomic E-state index is 0.0234. The number of nitrogens with zero attached hydrogens (tertiary/aromatic N) is 1. The van der Waals surface area contributed by atoms with Crippen LogP contribution in [0.4, 0.5) is 15.8 Å². The van der Waals surface area contributed by atoms with Crippen molar-refractivity contribution in [3.8, 4) is 5.75 Å². The van der Waals surface area contributed by atoms with Gasteiger partial charge in [0.15, 0.2) is 0 Å². The summed E-state index contributed by atoms with van der Waals surface area (Å²) < 4.78 is 71.7. The molecule has 0 unspecified atom stereocenters. The summed E-state index contributed by atoms with van der Waals surface area (Å²) in [6.07, 6.45) is 0.197. The average molecular weight is 584 g/mol. The van der Waals surface area contributed by atoms with Gasteiger partial charge in [-0.15, -0.1) is 0 Å². The van der Waals surface area contributed by atoms with Crippen LogP contribution in [0.25, 0.3) is 0 Å². The van der Waals surface area contributed by atoms with Gasteiger partial charge in [-0.05, 0) is 67.8 Å². The van der Waals surface area contributed by atoms with Gasteiger partial charge in [-0.1, -0.05) is 23.7 Å². The first-order valence-electron chi connectivity index (χ1n) is 11.3. The molecule has 3 N–H and O–H groups in total. The lowest BCUT2D eigenvalue weighted by atomic mass is 10.0. The van der Waals surface area contributed by atoms with Crippen molar-refractivity contribution in [3.05, 3.63) is 76.1 Å². The number of hydrogen-bond acceptors (Lipinski definition) is 6. The van der Waals surface area contributed by atoms with Crippen LogP contribution in [0.3, 0.4) is 0 Å². The molecule has 38 heavy (non-hydrogen) atoms. The molecule has 0 aliphatic carbocycles. The molecule has 0 aromatic heterocycles. The molecule has 0 fully saturated rings. The molecule has 204 valence electrons. The van der Waals surface area contributed by atoms with Crippen LogP contribution in [0.5, 0.6) is 5.75 Å². The first-order valence-corrected chi connectivity index (χ1v) is 14.6. The molecule has 0 bridgehead atoms. The van der Waals surface area contributed by atoms with Crippen molar-refractivity contribution < 1.29 is 31.1 Å². The lowest BCUT2D eigenvalue weighted by Gasteiger charge is -2.16. The summed E-state index contributed by atoms with van der Waals surface area (Å²) in [7, 11) is -5.63. The highest BCUT2D eigenvalue weighted by Gasteiger charge is 2.25. The predicted molar refractivity (Wildman–Crippen MR) is 144 cm³/mol. The zero-order valence-corrected chi connectivity index (χ0v) is 23.4. The first kappa shape index (κ1) is 29.2. The van der Waals surface area contributed by atoms with Crippen LogP contribution in [-0.4, -0.2) is 46.8 Å². The second-order valence-electron chi connectivity index (χ2n) is 8.75. The number of carbonyl (C=O) groups is 1. The monoisotopic (exact) mass is 583 g/mol. The van der Waals surface area contributed by atoms with E-state index in [9.17, 15) is 31.1 Å². The normalized spacial score (nSPS) is 11.7. The number of phenolic OH excluding ortho intramolecular Hbond substituents is 1. The highest BCUT2D eigenvalue weighted by molar-refractivity contribution is 7.93. The number of nitrogens with one attached hydrogen (secondary N) is 2. The Morgan fingerprint density at radius 3 is 2.24 bits per heavy atom. The topological polar surface area (TPSA) is 133 Å². The fraction of sp³-hybridized carbons (Fsp3) is 0.240. The molecule has 0 spiro atoms. The molecule has 0 saturated heterocycles. The Labute approximate surface area is 226 Å². The van der Waals surface area contributed by atoms with Gasteiger partial charge < -0.3 is 10.0 Å². The third-order valence-electron chi connectivity index (χ3n) is 5.86. The number of carbonyl (C=O) groups excluding carboxylic acids is 1. The summed E-state index contributed by atoms with van der Waals surface area (Å²) in [4.78, 5) is 12.1. The Hall–Kier alpha value is -3.35. The van der Waals surface area contributed by atoms with Gasteiger partial charge in [0.1, 0.15) is 16.5 Å². The number of aromatic hydroxyl groups is 1. The van der Waals surface area contributed by atoms with Gasteiger partial charge in [-0.3, -0.25) is 14.2 Å². The van der Waals surface area contributed by atoms with E-state index < -0.39 is 41.4 Å². The van der Waals surface area contributed by atoms with E-state index in [1.807, 2.05) is 0 Å². The highest BCUT2D eigenvalue weighted by atomic mass is 35.5. The molecule has 1 amide bonds. The Balaban J connectivity index is 1.91. The summed E-state index contributed by atoms with van der Waals surface area (Å²) >= 11 is 6.05. The van der Waals surface area contributed by atoms with Crippen molar-refractivity contribution >= 4 is 48.9 Å². The molecular formula is C25H27ClFN3O6S2. The van der Waals surface area contributed by atoms with E-state index in [4.69, 9.17) is 11.6 Å². The Kier molecular flexibility index (Phi) is 8.59. The van der Waals surface area contributed by atoms with Crippen molar-refractivity contribution in [2.75, 3.05) is 23.5 Å². The number of halogens is 2. The fourth-order valence-electron chi connectivity index (χ4n) is 3.51. The van der Waals surface area contributed by atoms with E-state index >= 15 is 0 Å². The zero-order valence-electron chi connectivity index (χ0n) is 21.0. The molecular weight excluding hydrogens is 557 g/mol. The molecule has 0 radical (unpaired) electrons. The number of aryl methyl sites for hydroxylation is 1. The molecule has 3 rings (SSSR count). The minimum atomic E-state index is -4.54. The molecule has 0 aliphatic heterocycles. The number of rotatable bonds is 9. The van der Waals surface area contributed by atoms with Crippen LogP contribution >= 0.6 is 11.6 Å². The third-order valence-corrected chi connectivity index (χ3v) is 9.03. The summed E-state index contributed by atoms with van der Waals surface area (Å²) in [6, 6.07) is 10.1. The van der Waals surface area contributed by atoms with Gasteiger partial charge >= 0.3 is 0 Å². The summed E-state index contributed by atoms with van der Waals surface area (Å²) in [6.45, 7) is 2.98. The van der Waals surface area contributed by atoms with Crippen molar-refractivity contribution in [1.29, 1.82) is 0 Å². The number of sulfonamides is 2. The average Bonchev–Trinajstić information content (AvgIpc) is 2.84. The predicted octanol–water partition coefficient (Wildman–Crippen LogP) is 4.42. The van der Waals surface area contributed by atoms with E-state index in [1.165, 1.54) is 30.0 Å². The number of phenols is 1. The maximum absolute atomic E-state index is 15.0. The van der Waals surface area contributed by atoms with Crippen LogP contribution in [0.15, 0.2) is 58.3 Å². The molecule has 0 atom stereocenters. The third kappa shape index (κ3) is 6.37. The zero-order chi connectivity index (χ0) is 28.4. The largest absolute Gasteiger partial charge is 0.507 e. The maximum Gasteiger partial charge on any atom is 0.265 e. The van der Waals surface area contributed by atoms with Crippen molar-refractivity contribution in [3.63, 3.8) is 0 Å². The van der Waals surface area contributed by atoms with E-state index in [1.54, 1.807) is 33.2 Å². The summed E-state index contributed by atoms with van der Waals surface area (Å²) in [5.41, 5.74) is 0.777. The van der Waals surface area contributed by atoms with Crippen LogP contribution in [0, 0.1) is 19.7 Å². The molecule has 0 heterocycles. The Morgan fingerprint density at radius 2 is 1.58 bits per heavy atom. The van der Waals surface area contributed by atoms with Gasteiger partial charge in [-0.25, -0.2) is 21.2 Å². The van der Waals surface area contributed by atoms with E-state index in [0.29, 0.717) is 10.6 Å². The first-order chi connectivity index (χ1) is 17.6. The van der Waals surface area contributed by atoms with Gasteiger partial charge in [0, 0.05) is 31.1 Å². The van der Waals surface area contributed by atoms with E-state index in [0.717, 1.165) is 18.2 Å². The van der Waals surface area contributed by atoms with Crippen LogP contribution in [-0.2, 0) is 31.3 Å².